The summed E-state index contributed by atoms with van der Waals surface area (Å²) in [7, 11) is 0. The highest BCUT2D eigenvalue weighted by Crippen LogP contribution is 2.44. The topological polar surface area (TPSA) is 66.8 Å². The quantitative estimate of drug-likeness (QED) is 0.177. The van der Waals surface area contributed by atoms with Gasteiger partial charge in [0.1, 0.15) is 17.3 Å². The predicted molar refractivity (Wildman–Crippen MR) is 129 cm³/mol. The molecule has 37 heavy (non-hydrogen) atoms. The molecule has 3 aromatic rings. The second-order valence-corrected chi connectivity index (χ2v) is 8.97. The number of nitrogens with zero attached hydrogens (tertiary/aromatic N) is 1. The van der Waals surface area contributed by atoms with Crippen molar-refractivity contribution in [2.24, 2.45) is 5.92 Å². The van der Waals surface area contributed by atoms with Gasteiger partial charge in [-0.1, -0.05) is 38.1 Å². The van der Waals surface area contributed by atoms with Gasteiger partial charge in [0.05, 0.1) is 23.8 Å². The number of aliphatic hydroxyl groups excluding tert-OH is 1. The molecule has 1 atom stereocenters. The highest BCUT2D eigenvalue weighted by molar-refractivity contribution is 6.51. The van der Waals surface area contributed by atoms with Crippen LogP contribution in [0, 0.1) is 11.7 Å². The van der Waals surface area contributed by atoms with E-state index in [1.54, 1.807) is 12.1 Å². The van der Waals surface area contributed by atoms with Crippen LogP contribution >= 0.6 is 0 Å². The summed E-state index contributed by atoms with van der Waals surface area (Å²) in [5.41, 5.74) is -1.75. The SMILES string of the molecule is CC(C)COc1ccc(/C(O)=C2\C(=O)C(=O)N(c3cccc(C(F)(F)F)c3)C2c2ccccc2F)cc1. The third kappa shape index (κ3) is 5.21. The van der Waals surface area contributed by atoms with Gasteiger partial charge in [-0.15, -0.1) is 0 Å². The average Bonchev–Trinajstić information content (AvgIpc) is 3.12. The molecule has 4 rings (SSSR count). The van der Waals surface area contributed by atoms with Crippen LogP contribution in [0.5, 0.6) is 5.75 Å². The van der Waals surface area contributed by atoms with Gasteiger partial charge in [0.25, 0.3) is 11.7 Å². The summed E-state index contributed by atoms with van der Waals surface area (Å²) in [6.45, 7) is 4.42. The van der Waals surface area contributed by atoms with E-state index in [9.17, 15) is 32.3 Å². The Morgan fingerprint density at radius 1 is 1.00 bits per heavy atom. The smallest absolute Gasteiger partial charge is 0.416 e. The van der Waals surface area contributed by atoms with E-state index in [1.165, 1.54) is 36.4 Å². The Hall–Kier alpha value is -4.14. The van der Waals surface area contributed by atoms with Crippen molar-refractivity contribution in [3.63, 3.8) is 0 Å². The van der Waals surface area contributed by atoms with Gasteiger partial charge in [0.2, 0.25) is 0 Å². The number of halogens is 4. The van der Waals surface area contributed by atoms with E-state index in [4.69, 9.17) is 4.74 Å². The third-order valence-corrected chi connectivity index (χ3v) is 5.81. The van der Waals surface area contributed by atoms with Crippen LogP contribution in [0.15, 0.2) is 78.4 Å². The van der Waals surface area contributed by atoms with Crippen LogP contribution in [-0.4, -0.2) is 23.4 Å². The number of anilines is 1. The Bertz CT molecular complexity index is 1360. The van der Waals surface area contributed by atoms with Crippen molar-refractivity contribution < 1.29 is 37.0 Å². The number of ether oxygens (including phenoxy) is 1. The fourth-order valence-electron chi connectivity index (χ4n) is 4.05. The maximum Gasteiger partial charge on any atom is 0.416 e. The third-order valence-electron chi connectivity index (χ3n) is 5.81. The number of aliphatic hydroxyl groups is 1. The average molecular weight is 513 g/mol. The molecule has 1 unspecified atom stereocenters. The largest absolute Gasteiger partial charge is 0.507 e. The molecular weight excluding hydrogens is 490 g/mol. The van der Waals surface area contributed by atoms with Crippen molar-refractivity contribution >= 4 is 23.1 Å². The zero-order valence-corrected chi connectivity index (χ0v) is 19.9. The molecule has 1 aliphatic rings. The number of carbonyl (C=O) groups is 2. The molecule has 1 aliphatic heterocycles. The molecule has 1 fully saturated rings. The number of benzene rings is 3. The van der Waals surface area contributed by atoms with Crippen LogP contribution in [0.1, 0.15) is 36.6 Å². The number of Topliss-reactive ketones (excluding diaryl/α,β-unsaturated/α-hetero) is 1. The molecule has 5 nitrogen and oxygen atoms in total. The van der Waals surface area contributed by atoms with Crippen molar-refractivity contribution in [3.05, 3.63) is 101 Å². The lowest BCUT2D eigenvalue weighted by Crippen LogP contribution is -2.30. The van der Waals surface area contributed by atoms with Crippen LogP contribution in [0.4, 0.5) is 23.2 Å². The summed E-state index contributed by atoms with van der Waals surface area (Å²) in [5.74, 6) is -2.93. The Morgan fingerprint density at radius 2 is 1.68 bits per heavy atom. The molecule has 9 heteroatoms. The number of carbonyl (C=O) groups excluding carboxylic acids is 2. The summed E-state index contributed by atoms with van der Waals surface area (Å²) >= 11 is 0. The highest BCUT2D eigenvalue weighted by Gasteiger charge is 2.48. The molecule has 1 N–H and O–H groups in total. The van der Waals surface area contributed by atoms with E-state index in [2.05, 4.69) is 0 Å². The zero-order valence-electron chi connectivity index (χ0n) is 19.9. The van der Waals surface area contributed by atoms with E-state index in [-0.39, 0.29) is 22.7 Å². The fourth-order valence-corrected chi connectivity index (χ4v) is 4.05. The summed E-state index contributed by atoms with van der Waals surface area (Å²) in [5, 5.41) is 11.1. The van der Waals surface area contributed by atoms with E-state index >= 15 is 0 Å². The number of hydrogen-bond donors (Lipinski definition) is 1. The van der Waals surface area contributed by atoms with Gasteiger partial charge in [-0.05, 0) is 54.4 Å². The molecule has 0 radical (unpaired) electrons. The Labute approximate surface area is 210 Å². The lowest BCUT2D eigenvalue weighted by Gasteiger charge is -2.26. The van der Waals surface area contributed by atoms with Gasteiger partial charge < -0.3 is 9.84 Å². The first-order chi connectivity index (χ1) is 17.5. The van der Waals surface area contributed by atoms with E-state index in [0.29, 0.717) is 18.4 Å². The predicted octanol–water partition coefficient (Wildman–Crippen LogP) is 6.51. The van der Waals surface area contributed by atoms with Crippen molar-refractivity contribution in [1.29, 1.82) is 0 Å². The standard InChI is InChI=1S/C28H23F4NO4/c1-16(2)15-37-20-12-10-17(11-13-20)25(34)23-24(21-8-3-4-9-22(21)29)33(27(36)26(23)35)19-7-5-6-18(14-19)28(30,31)32/h3-14,16,24,34H,15H2,1-2H3/b25-23+. The number of alkyl halides is 3. The Morgan fingerprint density at radius 3 is 2.30 bits per heavy atom. The molecule has 0 aliphatic carbocycles. The van der Waals surface area contributed by atoms with Gasteiger partial charge >= 0.3 is 6.18 Å². The molecule has 0 bridgehead atoms. The highest BCUT2D eigenvalue weighted by atomic mass is 19.4. The minimum absolute atomic E-state index is 0.153. The van der Waals surface area contributed by atoms with Crippen LogP contribution < -0.4 is 9.64 Å². The minimum atomic E-state index is -4.71. The van der Waals surface area contributed by atoms with E-state index in [1.807, 2.05) is 13.8 Å². The monoisotopic (exact) mass is 513 g/mol. The normalized spacial score (nSPS) is 17.5. The number of amides is 1. The van der Waals surface area contributed by atoms with E-state index in [0.717, 1.165) is 23.1 Å². The zero-order chi connectivity index (χ0) is 26.9. The molecule has 1 heterocycles. The first kappa shape index (κ1) is 25.9. The summed E-state index contributed by atoms with van der Waals surface area (Å²) in [4.78, 5) is 27.0. The summed E-state index contributed by atoms with van der Waals surface area (Å²) in [6, 6.07) is 13.7. The molecule has 0 aromatic heterocycles. The van der Waals surface area contributed by atoms with Crippen LogP contribution in [0.25, 0.3) is 5.76 Å². The molecule has 0 spiro atoms. The van der Waals surface area contributed by atoms with E-state index < -0.39 is 46.6 Å². The number of ketones is 1. The molecule has 1 saturated heterocycles. The van der Waals surface area contributed by atoms with Crippen molar-refractivity contribution in [2.45, 2.75) is 26.1 Å². The van der Waals surface area contributed by atoms with Gasteiger partial charge in [-0.2, -0.15) is 13.2 Å². The molecule has 3 aromatic carbocycles. The lowest BCUT2D eigenvalue weighted by atomic mass is 9.94. The molecule has 192 valence electrons. The van der Waals surface area contributed by atoms with Gasteiger partial charge in [-0.3, -0.25) is 14.5 Å². The second kappa shape index (κ2) is 10.1. The number of hydrogen-bond acceptors (Lipinski definition) is 4. The molecular formula is C28H23F4NO4. The van der Waals surface area contributed by atoms with Gasteiger partial charge in [-0.25, -0.2) is 4.39 Å². The number of rotatable bonds is 6. The first-order valence-electron chi connectivity index (χ1n) is 11.4. The maximum atomic E-state index is 14.9. The molecule has 0 saturated carbocycles. The Balaban J connectivity index is 1.86. The summed E-state index contributed by atoms with van der Waals surface area (Å²) < 4.78 is 60.7. The summed E-state index contributed by atoms with van der Waals surface area (Å²) in [6.07, 6.45) is -4.71. The second-order valence-electron chi connectivity index (χ2n) is 8.97. The van der Waals surface area contributed by atoms with Crippen LogP contribution in [0.3, 0.4) is 0 Å². The van der Waals surface area contributed by atoms with Crippen LogP contribution in [-0.2, 0) is 15.8 Å². The van der Waals surface area contributed by atoms with Gasteiger partial charge in [0, 0.05) is 16.8 Å². The van der Waals surface area contributed by atoms with Gasteiger partial charge in [0.15, 0.2) is 0 Å². The van der Waals surface area contributed by atoms with Crippen LogP contribution in [0.2, 0.25) is 0 Å². The van der Waals surface area contributed by atoms with Crippen molar-refractivity contribution in [1.82, 2.24) is 0 Å². The maximum absolute atomic E-state index is 14.9. The van der Waals surface area contributed by atoms with Crippen molar-refractivity contribution in [2.75, 3.05) is 11.5 Å². The minimum Gasteiger partial charge on any atom is -0.507 e. The molecule has 1 amide bonds. The lowest BCUT2D eigenvalue weighted by molar-refractivity contribution is -0.137. The first-order valence-corrected chi connectivity index (χ1v) is 11.4. The van der Waals surface area contributed by atoms with Crippen molar-refractivity contribution in [3.8, 4) is 5.75 Å². The fraction of sp³-hybridized carbons (Fsp3) is 0.214. The Kier molecular flexibility index (Phi) is 7.07.